The zero-order valence-electron chi connectivity index (χ0n) is 8.25. The number of hydrogen-bond donors (Lipinski definition) is 1. The van der Waals surface area contributed by atoms with E-state index in [4.69, 9.17) is 5.21 Å². The number of rotatable bonds is 5. The Bertz CT molecular complexity index is 161. The lowest BCUT2D eigenvalue weighted by Gasteiger charge is -2.29. The topological polar surface area (TPSA) is 32.6 Å². The average Bonchev–Trinajstić information content (AvgIpc) is 2.01. The Balaban J connectivity index is 4.06. The van der Waals surface area contributed by atoms with E-state index >= 15 is 0 Å². The van der Waals surface area contributed by atoms with Gasteiger partial charge in [-0.1, -0.05) is 26.8 Å². The van der Waals surface area contributed by atoms with Gasteiger partial charge in [0.05, 0.1) is 0 Å². The number of oxime groups is 1. The molecule has 70 valence electrons. The van der Waals surface area contributed by atoms with Crippen LogP contribution < -0.4 is 0 Å². The van der Waals surface area contributed by atoms with Gasteiger partial charge in [-0.05, 0) is 24.2 Å². The van der Waals surface area contributed by atoms with E-state index in [9.17, 15) is 0 Å². The van der Waals surface area contributed by atoms with Crippen LogP contribution in [-0.4, -0.2) is 11.4 Å². The fourth-order valence-corrected chi connectivity index (χ4v) is 1.05. The summed E-state index contributed by atoms with van der Waals surface area (Å²) in [5, 5.41) is 11.3. The summed E-state index contributed by atoms with van der Waals surface area (Å²) in [6, 6.07) is 0. The summed E-state index contributed by atoms with van der Waals surface area (Å²) in [4.78, 5) is 0. The van der Waals surface area contributed by atoms with Gasteiger partial charge in [0, 0.05) is 6.21 Å². The lowest BCUT2D eigenvalue weighted by atomic mass is 9.76. The van der Waals surface area contributed by atoms with E-state index in [2.05, 4.69) is 32.5 Å². The molecule has 0 aromatic heterocycles. The highest BCUT2D eigenvalue weighted by Gasteiger charge is 2.23. The standard InChI is InChI=1S/C10H19NO/c1-5-6-9(2)10(3,4)7-8-11-12/h5,8-9,12H,1,6-7H2,2-4H3/b11-8+. The first-order chi connectivity index (χ1) is 5.54. The van der Waals surface area contributed by atoms with Crippen LogP contribution in [0.15, 0.2) is 17.8 Å². The van der Waals surface area contributed by atoms with Crippen LogP contribution in [0.5, 0.6) is 0 Å². The zero-order chi connectivity index (χ0) is 9.61. The van der Waals surface area contributed by atoms with Crippen molar-refractivity contribution in [3.8, 4) is 0 Å². The predicted molar refractivity (Wildman–Crippen MR) is 52.7 cm³/mol. The molecule has 2 heteroatoms. The van der Waals surface area contributed by atoms with E-state index in [-0.39, 0.29) is 5.41 Å². The summed E-state index contributed by atoms with van der Waals surface area (Å²) in [6.07, 6.45) is 5.30. The third-order valence-electron chi connectivity index (χ3n) is 2.55. The van der Waals surface area contributed by atoms with Crippen LogP contribution >= 0.6 is 0 Å². The first kappa shape index (κ1) is 11.2. The molecule has 1 unspecified atom stereocenters. The maximum absolute atomic E-state index is 8.29. The zero-order valence-corrected chi connectivity index (χ0v) is 8.25. The molecule has 0 heterocycles. The van der Waals surface area contributed by atoms with E-state index in [0.29, 0.717) is 5.92 Å². The summed E-state index contributed by atoms with van der Waals surface area (Å²) >= 11 is 0. The number of nitrogens with zero attached hydrogens (tertiary/aromatic N) is 1. The normalized spacial score (nSPS) is 14.9. The monoisotopic (exact) mass is 169 g/mol. The highest BCUT2D eigenvalue weighted by atomic mass is 16.4. The van der Waals surface area contributed by atoms with Crippen LogP contribution in [0.4, 0.5) is 0 Å². The lowest BCUT2D eigenvalue weighted by molar-refractivity contribution is 0.241. The second-order valence-electron chi connectivity index (χ2n) is 3.92. The molecule has 0 aliphatic carbocycles. The molecule has 0 aromatic rings. The Kier molecular flexibility index (Phi) is 4.64. The molecule has 12 heavy (non-hydrogen) atoms. The van der Waals surface area contributed by atoms with Crippen LogP contribution in [0.25, 0.3) is 0 Å². The van der Waals surface area contributed by atoms with Gasteiger partial charge < -0.3 is 5.21 Å². The van der Waals surface area contributed by atoms with E-state index in [1.807, 2.05) is 6.08 Å². The van der Waals surface area contributed by atoms with Gasteiger partial charge in [-0.15, -0.1) is 11.7 Å². The summed E-state index contributed by atoms with van der Waals surface area (Å²) in [5.74, 6) is 0.563. The predicted octanol–water partition coefficient (Wildman–Crippen LogP) is 3.07. The van der Waals surface area contributed by atoms with Crippen LogP contribution in [-0.2, 0) is 0 Å². The molecule has 0 aliphatic rings. The molecular weight excluding hydrogens is 150 g/mol. The van der Waals surface area contributed by atoms with Crippen molar-refractivity contribution in [2.75, 3.05) is 0 Å². The van der Waals surface area contributed by atoms with Crippen molar-refractivity contribution >= 4 is 6.21 Å². The Morgan fingerprint density at radius 3 is 2.58 bits per heavy atom. The number of allylic oxidation sites excluding steroid dienone is 1. The molecule has 0 aromatic carbocycles. The SMILES string of the molecule is C=CCC(C)C(C)(C)C/C=N/O. The van der Waals surface area contributed by atoms with Crippen molar-refractivity contribution in [2.45, 2.75) is 33.6 Å². The molecule has 0 fully saturated rings. The maximum atomic E-state index is 8.29. The van der Waals surface area contributed by atoms with Gasteiger partial charge in [0.1, 0.15) is 0 Å². The average molecular weight is 169 g/mol. The molecule has 0 saturated carbocycles. The van der Waals surface area contributed by atoms with Gasteiger partial charge >= 0.3 is 0 Å². The second-order valence-corrected chi connectivity index (χ2v) is 3.92. The quantitative estimate of drug-likeness (QED) is 0.292. The van der Waals surface area contributed by atoms with Gasteiger partial charge in [-0.3, -0.25) is 0 Å². The molecule has 0 spiro atoms. The molecule has 0 radical (unpaired) electrons. The van der Waals surface area contributed by atoms with E-state index in [0.717, 1.165) is 12.8 Å². The highest BCUT2D eigenvalue weighted by Crippen LogP contribution is 2.31. The van der Waals surface area contributed by atoms with Gasteiger partial charge in [-0.2, -0.15) is 0 Å². The van der Waals surface area contributed by atoms with Crippen molar-refractivity contribution in [1.29, 1.82) is 0 Å². The lowest BCUT2D eigenvalue weighted by Crippen LogP contribution is -2.21. The third-order valence-corrected chi connectivity index (χ3v) is 2.55. The maximum Gasteiger partial charge on any atom is 0.0441 e. The molecule has 0 rings (SSSR count). The van der Waals surface area contributed by atoms with Crippen molar-refractivity contribution < 1.29 is 5.21 Å². The summed E-state index contributed by atoms with van der Waals surface area (Å²) in [6.45, 7) is 10.2. The van der Waals surface area contributed by atoms with Crippen molar-refractivity contribution in [2.24, 2.45) is 16.5 Å². The molecule has 0 saturated heterocycles. The minimum Gasteiger partial charge on any atom is -0.411 e. The smallest absolute Gasteiger partial charge is 0.0441 e. The summed E-state index contributed by atoms with van der Waals surface area (Å²) in [5.41, 5.74) is 0.181. The second kappa shape index (κ2) is 4.96. The van der Waals surface area contributed by atoms with Crippen molar-refractivity contribution in [3.63, 3.8) is 0 Å². The van der Waals surface area contributed by atoms with E-state index in [1.165, 1.54) is 0 Å². The molecule has 1 N–H and O–H groups in total. The van der Waals surface area contributed by atoms with Gasteiger partial charge in [0.25, 0.3) is 0 Å². The number of hydrogen-bond acceptors (Lipinski definition) is 2. The fraction of sp³-hybridized carbons (Fsp3) is 0.700. The molecule has 0 bridgehead atoms. The Morgan fingerprint density at radius 2 is 2.17 bits per heavy atom. The van der Waals surface area contributed by atoms with Crippen LogP contribution in [0, 0.1) is 11.3 Å². The molecule has 0 amide bonds. The van der Waals surface area contributed by atoms with Crippen LogP contribution in [0.3, 0.4) is 0 Å². The van der Waals surface area contributed by atoms with Gasteiger partial charge in [-0.25, -0.2) is 0 Å². The van der Waals surface area contributed by atoms with E-state index < -0.39 is 0 Å². The van der Waals surface area contributed by atoms with Crippen LogP contribution in [0.2, 0.25) is 0 Å². The Labute approximate surface area is 75.0 Å². The van der Waals surface area contributed by atoms with Gasteiger partial charge in [0.15, 0.2) is 0 Å². The molecular formula is C10H19NO. The van der Waals surface area contributed by atoms with Crippen LogP contribution in [0.1, 0.15) is 33.6 Å². The Hall–Kier alpha value is -0.790. The molecule has 1 atom stereocenters. The minimum atomic E-state index is 0.181. The third kappa shape index (κ3) is 3.56. The molecule has 0 aliphatic heterocycles. The van der Waals surface area contributed by atoms with Gasteiger partial charge in [0.2, 0.25) is 0 Å². The van der Waals surface area contributed by atoms with Crippen molar-refractivity contribution in [3.05, 3.63) is 12.7 Å². The largest absolute Gasteiger partial charge is 0.411 e. The Morgan fingerprint density at radius 1 is 1.58 bits per heavy atom. The molecule has 2 nitrogen and oxygen atoms in total. The first-order valence-electron chi connectivity index (χ1n) is 4.31. The highest BCUT2D eigenvalue weighted by molar-refractivity contribution is 5.57. The van der Waals surface area contributed by atoms with E-state index in [1.54, 1.807) is 6.21 Å². The minimum absolute atomic E-state index is 0.181. The van der Waals surface area contributed by atoms with Crippen molar-refractivity contribution in [1.82, 2.24) is 0 Å². The summed E-state index contributed by atoms with van der Waals surface area (Å²) in [7, 11) is 0. The first-order valence-corrected chi connectivity index (χ1v) is 4.31. The summed E-state index contributed by atoms with van der Waals surface area (Å²) < 4.78 is 0. The fourth-order valence-electron chi connectivity index (χ4n) is 1.05.